The molecule has 26 heteroatoms. The van der Waals surface area contributed by atoms with Gasteiger partial charge < -0.3 is 91.9 Å². The third-order valence-electron chi connectivity index (χ3n) is 9.37. The number of ether oxygens (including phenoxy) is 13. The minimum Gasteiger partial charge on any atom is -0.499 e. The van der Waals surface area contributed by atoms with Crippen molar-refractivity contribution in [3.05, 3.63) is 92.6 Å². The third kappa shape index (κ3) is 33.5. The molecular weight excluding hydrogens is 1230 g/mol. The van der Waals surface area contributed by atoms with Crippen LogP contribution in [0.4, 0.5) is 0 Å². The molecule has 19 nitrogen and oxygen atoms in total. The average Bonchev–Trinajstić information content (AvgIpc) is 3.39. The van der Waals surface area contributed by atoms with E-state index in [4.69, 9.17) is 83.1 Å². The molecule has 0 heterocycles. The molecular formula is C54H93B2Br2O19P2S+. The van der Waals surface area contributed by atoms with Crippen LogP contribution in [0.3, 0.4) is 0 Å². The van der Waals surface area contributed by atoms with Crippen molar-refractivity contribution in [1.82, 2.24) is 0 Å². The zero-order valence-corrected chi connectivity index (χ0v) is 53.0. The summed E-state index contributed by atoms with van der Waals surface area (Å²) in [6.07, 6.45) is 1.36. The number of aliphatic hydroxyl groups excluding tert-OH is 2. The molecule has 0 saturated heterocycles. The highest BCUT2D eigenvalue weighted by Gasteiger charge is 2.25. The molecule has 4 aromatic carbocycles. The fraction of sp³-hybridized carbons (Fsp3) is 0.519. The molecule has 4 unspecified atom stereocenters. The molecule has 6 N–H and O–H groups in total. The number of halogens is 2. The van der Waals surface area contributed by atoms with E-state index >= 15 is 0 Å². The van der Waals surface area contributed by atoms with Gasteiger partial charge in [-0.1, -0.05) is 28.9 Å². The number of methoxy groups -OCH3 is 8. The van der Waals surface area contributed by atoms with Gasteiger partial charge in [-0.2, -0.15) is 0 Å². The zero-order valence-electron chi connectivity index (χ0n) is 48.0. The van der Waals surface area contributed by atoms with E-state index in [1.807, 2.05) is 67.5 Å². The van der Waals surface area contributed by atoms with Crippen LogP contribution in [-0.4, -0.2) is 134 Å². The van der Waals surface area contributed by atoms with Crippen molar-refractivity contribution in [2.24, 2.45) is 0 Å². The van der Waals surface area contributed by atoms with E-state index in [-0.39, 0.29) is 88.8 Å². The lowest BCUT2D eigenvalue weighted by molar-refractivity contribution is -0.158. The Labute approximate surface area is 505 Å². The van der Waals surface area contributed by atoms with E-state index < -0.39 is 21.2 Å². The van der Waals surface area contributed by atoms with E-state index in [2.05, 4.69) is 59.2 Å². The van der Waals surface area contributed by atoms with E-state index in [1.54, 1.807) is 52.7 Å². The predicted octanol–water partition coefficient (Wildman–Crippen LogP) is 9.64. The van der Waals surface area contributed by atoms with Crippen LogP contribution in [0.5, 0.6) is 46.0 Å². The van der Waals surface area contributed by atoms with E-state index in [0.29, 0.717) is 41.8 Å². The summed E-state index contributed by atoms with van der Waals surface area (Å²) in [5.74, 6) is 3.96. The molecule has 0 aliphatic rings. The topological polar surface area (TPSA) is 241 Å². The van der Waals surface area contributed by atoms with Gasteiger partial charge in [0.1, 0.15) is 54.9 Å². The van der Waals surface area contributed by atoms with Gasteiger partial charge in [0.05, 0.1) is 128 Å². The normalized spacial score (nSPS) is 10.9. The molecule has 0 aliphatic carbocycles. The first-order valence-electron chi connectivity index (χ1n) is 23.9. The molecule has 0 aromatic heterocycles. The molecule has 0 amide bonds. The van der Waals surface area contributed by atoms with Gasteiger partial charge in [-0.3, -0.25) is 0 Å². The number of hydrogen-bond acceptors (Lipinski definition) is 20. The smallest absolute Gasteiger partial charge is 0.496 e. The highest BCUT2D eigenvalue weighted by atomic mass is 79.9. The van der Waals surface area contributed by atoms with E-state index in [9.17, 15) is 10.0 Å². The van der Waals surface area contributed by atoms with Crippen molar-refractivity contribution in [1.29, 1.82) is 1.28 Å². The second-order valence-electron chi connectivity index (χ2n) is 16.1. The molecule has 80 heavy (non-hydrogen) atoms. The molecule has 4 rings (SSSR count). The minimum absolute atomic E-state index is 0. The first kappa shape index (κ1) is 82.9. The Bertz CT molecular complexity index is 2220. The number of aliphatic hydroxyl groups is 2. The monoisotopic (exact) mass is 1320 g/mol. The molecule has 0 spiro atoms. The Morgan fingerprint density at radius 1 is 0.512 bits per heavy atom. The van der Waals surface area contributed by atoms with Crippen LogP contribution >= 0.6 is 47.8 Å². The average molecular weight is 1320 g/mol. The maximum atomic E-state index is 9.40. The minimum atomic E-state index is -1.68. The standard InChI is InChI=1S/C14H23BO6.C14H21BrO4.C9H13BO5.C9H11BrO3.C5H10O.3CH4.H2P2S/c1-9(2)21-10(3)20-8-11-6-12(18-4)14(15(16)17)13(7-11)19-5;1-9(2)19-10(3)18-8-11-6-12(16-4)14(15)13(7-11)17-5;1-14-7-3-6(5-11)4-8(15-2)9(7)10(12)13;1-12-7-3-6(5-11)4-8(13-2)9(7)10;1-4-6-5(2)3;;;;1-2-3/h6-7,9-10,16-17H,8H2,1-5H3;6-7,9-10H,8H2,1-5H3;3-4,11-13H,5H2,1-2H3;3-4,11H,5H2,1-2H3;4-5H,1H2,2-3H3;3*1H4;1H2/p+1/i/hT. The lowest BCUT2D eigenvalue weighted by Gasteiger charge is -2.18. The van der Waals surface area contributed by atoms with Crippen molar-refractivity contribution in [2.75, 3.05) is 56.9 Å². The van der Waals surface area contributed by atoms with Crippen LogP contribution in [0, 0.1) is 0 Å². The summed E-state index contributed by atoms with van der Waals surface area (Å²) < 4.78 is 76.1. The number of hydrogen-bond donors (Lipinski definition) is 6. The molecule has 0 aliphatic heterocycles. The zero-order chi connectivity index (χ0) is 60.2. The number of rotatable bonds is 24. The van der Waals surface area contributed by atoms with Gasteiger partial charge >= 0.3 is 15.5 Å². The van der Waals surface area contributed by atoms with Crippen LogP contribution in [0.1, 0.15) is 99.9 Å². The summed E-state index contributed by atoms with van der Waals surface area (Å²) in [6.45, 7) is 18.5. The quantitative estimate of drug-likeness (QED) is 0.0166. The first-order valence-corrected chi connectivity index (χ1v) is 28.6. The molecule has 0 fully saturated rings. The highest BCUT2D eigenvalue weighted by Crippen LogP contribution is 2.37. The van der Waals surface area contributed by atoms with Crippen molar-refractivity contribution < 1.29 is 91.9 Å². The maximum absolute atomic E-state index is 9.40. The third-order valence-corrected chi connectivity index (χ3v) is 10.9. The fourth-order valence-corrected chi connectivity index (χ4v) is 7.26. The second kappa shape index (κ2) is 48.9. The van der Waals surface area contributed by atoms with Crippen molar-refractivity contribution >= 4 is 84.7 Å². The van der Waals surface area contributed by atoms with Crippen molar-refractivity contribution in [3.8, 4) is 46.0 Å². The van der Waals surface area contributed by atoms with Gasteiger partial charge in [-0.15, -0.1) is 0 Å². The predicted molar refractivity (Wildman–Crippen MR) is 338 cm³/mol. The number of benzene rings is 4. The second-order valence-corrected chi connectivity index (χ2v) is 20.4. The van der Waals surface area contributed by atoms with Gasteiger partial charge in [0.2, 0.25) is 0 Å². The molecule has 4 atom stereocenters. The summed E-state index contributed by atoms with van der Waals surface area (Å²) in [5.41, 5.74) is 3.43. The first-order chi connectivity index (χ1) is 36.7. The van der Waals surface area contributed by atoms with Gasteiger partial charge in [0, 0.05) is 0 Å². The summed E-state index contributed by atoms with van der Waals surface area (Å²) >= 11 is 11.1. The molecule has 458 valence electrons. The lowest BCUT2D eigenvalue weighted by Crippen LogP contribution is -2.33. The van der Waals surface area contributed by atoms with Crippen molar-refractivity contribution in [2.45, 2.75) is 135 Å². The van der Waals surface area contributed by atoms with Crippen LogP contribution in [0.15, 0.2) is 70.3 Å². The summed E-state index contributed by atoms with van der Waals surface area (Å²) in [4.78, 5) is 0. The van der Waals surface area contributed by atoms with Crippen LogP contribution < -0.4 is 48.8 Å². The Morgan fingerprint density at radius 2 is 0.738 bits per heavy atom. The lowest BCUT2D eigenvalue weighted by atomic mass is 9.78. The van der Waals surface area contributed by atoms with Gasteiger partial charge in [-0.05, 0) is 158 Å². The Morgan fingerprint density at radius 3 is 0.912 bits per heavy atom. The summed E-state index contributed by atoms with van der Waals surface area (Å²) in [6, 6.07) is 13.7. The van der Waals surface area contributed by atoms with E-state index in [0.717, 1.165) is 37.1 Å². The molecule has 0 radical (unpaired) electrons. The molecule has 0 bridgehead atoms. The van der Waals surface area contributed by atoms with Crippen LogP contribution in [0.2, 0.25) is 0 Å². The SMILES string of the molecule is C.C.C.C=COC(C)C.COc1cc(CO)cc(OC)c1B(O)O.COc1cc(CO)cc(OC)c1Br.COc1cc(COC(C)OC(C)C)cc(OC)c1B(O)O.COc1cc(COC(C)OC(C)C)cc(OC)c1Br.[3H][P+](P)=S. The van der Waals surface area contributed by atoms with Gasteiger partial charge in [-0.25, -0.2) is 0 Å². The Hall–Kier alpha value is -3.54. The highest BCUT2D eigenvalue weighted by molar-refractivity contribution is 9.11. The Balaban J connectivity index is -0.000000299. The Kier molecular flexibility index (Phi) is 50.7. The summed E-state index contributed by atoms with van der Waals surface area (Å²) in [7, 11) is 10.9. The summed E-state index contributed by atoms with van der Waals surface area (Å²) in [5, 5.41) is 55.0. The van der Waals surface area contributed by atoms with E-state index in [1.165, 1.54) is 46.8 Å². The van der Waals surface area contributed by atoms with Gasteiger partial charge in [0.25, 0.3) is 0 Å². The molecule has 4 aromatic rings. The largest absolute Gasteiger partial charge is 0.499 e. The fourth-order valence-electron chi connectivity index (χ4n) is 6.16. The molecule has 0 saturated carbocycles. The van der Waals surface area contributed by atoms with Crippen molar-refractivity contribution in [3.63, 3.8) is 0 Å². The van der Waals surface area contributed by atoms with Crippen LogP contribution in [0.25, 0.3) is 0 Å². The maximum Gasteiger partial charge on any atom is 0.496 e. The van der Waals surface area contributed by atoms with Crippen LogP contribution in [-0.2, 0) is 61.9 Å². The van der Waals surface area contributed by atoms with Gasteiger partial charge in [0.15, 0.2) is 31.4 Å².